The molecule has 130 valence electrons. The second-order valence-corrected chi connectivity index (χ2v) is 7.00. The predicted molar refractivity (Wildman–Crippen MR) is 98.5 cm³/mol. The van der Waals surface area contributed by atoms with Crippen molar-refractivity contribution in [3.8, 4) is 11.5 Å². The number of nitrogens with one attached hydrogen (secondary N) is 1. The first kappa shape index (κ1) is 18.6. The minimum absolute atomic E-state index is 0.605. The zero-order chi connectivity index (χ0) is 16.7. The topological polar surface area (TPSA) is 33.7 Å². The molecule has 1 aromatic rings. The van der Waals surface area contributed by atoms with Crippen LogP contribution >= 0.6 is 15.9 Å². The molecule has 23 heavy (non-hydrogen) atoms. The molecular formula is C18H29BrN2O2. The second-order valence-electron chi connectivity index (χ2n) is 6.15. The molecule has 1 aromatic carbocycles. The highest BCUT2D eigenvalue weighted by molar-refractivity contribution is 9.10. The minimum atomic E-state index is 0.605. The molecule has 4 nitrogen and oxygen atoms in total. The third-order valence-corrected chi connectivity index (χ3v) is 5.29. The highest BCUT2D eigenvalue weighted by atomic mass is 79.9. The molecule has 0 amide bonds. The lowest BCUT2D eigenvalue weighted by Crippen LogP contribution is -2.42. The summed E-state index contributed by atoms with van der Waals surface area (Å²) in [5.74, 6) is 1.54. The Bertz CT molecular complexity index is 488. The number of hydrogen-bond acceptors (Lipinski definition) is 4. The van der Waals surface area contributed by atoms with Crippen LogP contribution in [0.3, 0.4) is 0 Å². The van der Waals surface area contributed by atoms with Gasteiger partial charge in [0.1, 0.15) is 0 Å². The maximum absolute atomic E-state index is 5.39. The van der Waals surface area contributed by atoms with Gasteiger partial charge in [-0.25, -0.2) is 0 Å². The lowest BCUT2D eigenvalue weighted by molar-refractivity contribution is 0.195. The van der Waals surface area contributed by atoms with Crippen molar-refractivity contribution in [3.05, 3.63) is 22.2 Å². The first-order chi connectivity index (χ1) is 11.2. The van der Waals surface area contributed by atoms with E-state index in [1.54, 1.807) is 14.2 Å². The summed E-state index contributed by atoms with van der Waals surface area (Å²) in [6.07, 6.45) is 5.06. The summed E-state index contributed by atoms with van der Waals surface area (Å²) in [7, 11) is 3.34. The van der Waals surface area contributed by atoms with E-state index in [0.29, 0.717) is 6.04 Å². The normalized spacial score (nSPS) is 16.5. The predicted octanol–water partition coefficient (Wildman–Crippen LogP) is 3.82. The molecule has 0 unspecified atom stereocenters. The van der Waals surface area contributed by atoms with Crippen molar-refractivity contribution in [1.82, 2.24) is 10.2 Å². The van der Waals surface area contributed by atoms with Crippen molar-refractivity contribution < 1.29 is 9.47 Å². The van der Waals surface area contributed by atoms with Crippen molar-refractivity contribution in [1.29, 1.82) is 0 Å². The lowest BCUT2D eigenvalue weighted by Gasteiger charge is -2.32. The third-order valence-electron chi connectivity index (χ3n) is 4.55. The number of unbranched alkanes of at least 4 members (excludes halogenated alkanes) is 1. The average molecular weight is 385 g/mol. The van der Waals surface area contributed by atoms with Gasteiger partial charge in [-0.3, -0.25) is 0 Å². The Kier molecular flexibility index (Phi) is 7.66. The van der Waals surface area contributed by atoms with Gasteiger partial charge in [0.2, 0.25) is 0 Å². The van der Waals surface area contributed by atoms with Gasteiger partial charge < -0.3 is 19.7 Å². The summed E-state index contributed by atoms with van der Waals surface area (Å²) in [4.78, 5) is 2.59. The highest BCUT2D eigenvalue weighted by Gasteiger charge is 2.19. The molecule has 1 heterocycles. The molecule has 0 bridgehead atoms. The monoisotopic (exact) mass is 384 g/mol. The van der Waals surface area contributed by atoms with E-state index >= 15 is 0 Å². The van der Waals surface area contributed by atoms with Crippen molar-refractivity contribution in [3.63, 3.8) is 0 Å². The first-order valence-corrected chi connectivity index (χ1v) is 9.33. The fraction of sp³-hybridized carbons (Fsp3) is 0.667. The van der Waals surface area contributed by atoms with Crippen LogP contribution in [0.5, 0.6) is 11.5 Å². The molecule has 1 fully saturated rings. The lowest BCUT2D eigenvalue weighted by atomic mass is 10.0. The van der Waals surface area contributed by atoms with E-state index in [4.69, 9.17) is 9.47 Å². The van der Waals surface area contributed by atoms with Gasteiger partial charge in [0.25, 0.3) is 0 Å². The summed E-state index contributed by atoms with van der Waals surface area (Å²) < 4.78 is 11.8. The van der Waals surface area contributed by atoms with Gasteiger partial charge in [-0.05, 0) is 56.6 Å². The number of piperidine rings is 1. The third kappa shape index (κ3) is 5.37. The van der Waals surface area contributed by atoms with Gasteiger partial charge in [0, 0.05) is 17.1 Å². The number of halogens is 1. The van der Waals surface area contributed by atoms with Crippen LogP contribution in [0.15, 0.2) is 16.6 Å². The van der Waals surface area contributed by atoms with E-state index in [0.717, 1.165) is 22.5 Å². The molecule has 0 aromatic heterocycles. The van der Waals surface area contributed by atoms with Crippen molar-refractivity contribution in [2.75, 3.05) is 33.9 Å². The smallest absolute Gasteiger partial charge is 0.161 e. The van der Waals surface area contributed by atoms with Crippen molar-refractivity contribution >= 4 is 15.9 Å². The van der Waals surface area contributed by atoms with Gasteiger partial charge in [0.15, 0.2) is 11.5 Å². The van der Waals surface area contributed by atoms with Crippen LogP contribution in [0.25, 0.3) is 0 Å². The number of methoxy groups -OCH3 is 2. The SMILES string of the molecule is CCCCN1CCC(NCc2cc(OC)c(OC)cc2Br)CC1. The maximum Gasteiger partial charge on any atom is 0.161 e. The van der Waals surface area contributed by atoms with E-state index in [-0.39, 0.29) is 0 Å². The fourth-order valence-corrected chi connectivity index (χ4v) is 3.49. The van der Waals surface area contributed by atoms with Crippen LogP contribution in [-0.4, -0.2) is 44.8 Å². The van der Waals surface area contributed by atoms with Gasteiger partial charge in [-0.1, -0.05) is 29.3 Å². The maximum atomic E-state index is 5.39. The van der Waals surface area contributed by atoms with Crippen LogP contribution in [0, 0.1) is 0 Å². The van der Waals surface area contributed by atoms with Crippen LogP contribution in [0.4, 0.5) is 0 Å². The quantitative estimate of drug-likeness (QED) is 0.738. The number of ether oxygens (including phenoxy) is 2. The van der Waals surface area contributed by atoms with Gasteiger partial charge >= 0.3 is 0 Å². The zero-order valence-electron chi connectivity index (χ0n) is 14.5. The largest absolute Gasteiger partial charge is 0.493 e. The molecule has 1 N–H and O–H groups in total. The Labute approximate surface area is 148 Å². The molecule has 2 rings (SSSR count). The Hall–Kier alpha value is -0.780. The molecular weight excluding hydrogens is 356 g/mol. The van der Waals surface area contributed by atoms with E-state index in [9.17, 15) is 0 Å². The van der Waals surface area contributed by atoms with E-state index in [2.05, 4.69) is 33.1 Å². The molecule has 5 heteroatoms. The summed E-state index contributed by atoms with van der Waals surface area (Å²) in [6, 6.07) is 4.63. The zero-order valence-corrected chi connectivity index (χ0v) is 16.1. The molecule has 1 aliphatic rings. The van der Waals surface area contributed by atoms with Crippen LogP contribution < -0.4 is 14.8 Å². The standard InChI is InChI=1S/C18H29BrN2O2/c1-4-5-8-21-9-6-15(7-10-21)20-13-14-11-17(22-2)18(23-3)12-16(14)19/h11-12,15,20H,4-10,13H2,1-3H3. The molecule has 0 aliphatic carbocycles. The Morgan fingerprint density at radius 3 is 2.43 bits per heavy atom. The van der Waals surface area contributed by atoms with E-state index in [1.165, 1.54) is 50.9 Å². The van der Waals surface area contributed by atoms with Crippen molar-refractivity contribution in [2.24, 2.45) is 0 Å². The van der Waals surface area contributed by atoms with E-state index < -0.39 is 0 Å². The second kappa shape index (κ2) is 9.50. The van der Waals surface area contributed by atoms with Crippen LogP contribution in [0.2, 0.25) is 0 Å². The number of likely N-dealkylation sites (tertiary alicyclic amines) is 1. The number of hydrogen-bond donors (Lipinski definition) is 1. The van der Waals surface area contributed by atoms with E-state index in [1.807, 2.05) is 12.1 Å². The van der Waals surface area contributed by atoms with Gasteiger partial charge in [-0.15, -0.1) is 0 Å². The van der Waals surface area contributed by atoms with Gasteiger partial charge in [0.05, 0.1) is 14.2 Å². The molecule has 1 aliphatic heterocycles. The molecule has 1 saturated heterocycles. The molecule has 0 radical (unpaired) electrons. The molecule has 0 spiro atoms. The Morgan fingerprint density at radius 1 is 1.17 bits per heavy atom. The Balaban J connectivity index is 1.85. The fourth-order valence-electron chi connectivity index (χ4n) is 3.03. The summed E-state index contributed by atoms with van der Waals surface area (Å²) >= 11 is 3.63. The van der Waals surface area contributed by atoms with Crippen molar-refractivity contribution in [2.45, 2.75) is 45.2 Å². The summed E-state index contributed by atoms with van der Waals surface area (Å²) in [5.41, 5.74) is 1.20. The molecule has 0 saturated carbocycles. The number of nitrogens with zero attached hydrogens (tertiary/aromatic N) is 1. The Morgan fingerprint density at radius 2 is 1.83 bits per heavy atom. The summed E-state index contributed by atoms with van der Waals surface area (Å²) in [5, 5.41) is 3.69. The summed E-state index contributed by atoms with van der Waals surface area (Å²) in [6.45, 7) is 6.79. The number of benzene rings is 1. The van der Waals surface area contributed by atoms with Crippen LogP contribution in [0.1, 0.15) is 38.2 Å². The number of rotatable bonds is 8. The first-order valence-electron chi connectivity index (χ1n) is 8.54. The molecule has 0 atom stereocenters. The van der Waals surface area contributed by atoms with Gasteiger partial charge in [-0.2, -0.15) is 0 Å². The minimum Gasteiger partial charge on any atom is -0.493 e. The highest BCUT2D eigenvalue weighted by Crippen LogP contribution is 2.33. The van der Waals surface area contributed by atoms with Crippen LogP contribution in [-0.2, 0) is 6.54 Å². The average Bonchev–Trinajstić information content (AvgIpc) is 2.59.